The minimum Gasteiger partial charge on any atom is -0.411 e. The van der Waals surface area contributed by atoms with Gasteiger partial charge in [-0.15, -0.1) is 0 Å². The van der Waals surface area contributed by atoms with Crippen LogP contribution in [0.5, 0.6) is 11.8 Å². The summed E-state index contributed by atoms with van der Waals surface area (Å²) in [5.41, 5.74) is 8.05. The van der Waals surface area contributed by atoms with Crippen molar-refractivity contribution in [2.24, 2.45) is 5.73 Å². The first kappa shape index (κ1) is 10.8. The zero-order valence-corrected chi connectivity index (χ0v) is 9.67. The Bertz CT molecular complexity index is 643. The fourth-order valence-corrected chi connectivity index (χ4v) is 1.76. The molecule has 3 aromatic rings. The zero-order valence-electron chi connectivity index (χ0n) is 9.67. The number of nitrogens with two attached hydrogens (primary N) is 1. The van der Waals surface area contributed by atoms with Gasteiger partial charge in [-0.3, -0.25) is 0 Å². The number of ether oxygens (including phenoxy) is 1. The van der Waals surface area contributed by atoms with Crippen LogP contribution in [0.2, 0.25) is 0 Å². The molecule has 1 aromatic heterocycles. The summed E-state index contributed by atoms with van der Waals surface area (Å²) in [4.78, 5) is 4.25. The van der Waals surface area contributed by atoms with Crippen LogP contribution in [0.25, 0.3) is 11.1 Å². The summed E-state index contributed by atoms with van der Waals surface area (Å²) in [6, 6.07) is 15.1. The number of para-hydroxylation sites is 3. The number of fused-ring (bicyclic) bond motifs is 1. The van der Waals surface area contributed by atoms with Crippen LogP contribution >= 0.6 is 0 Å². The first-order valence-electron chi connectivity index (χ1n) is 5.68. The van der Waals surface area contributed by atoms with E-state index in [1.807, 2.05) is 48.5 Å². The molecule has 0 saturated carbocycles. The van der Waals surface area contributed by atoms with Crippen molar-refractivity contribution in [1.82, 2.24) is 4.98 Å². The van der Waals surface area contributed by atoms with E-state index in [-0.39, 0.29) is 6.08 Å². The van der Waals surface area contributed by atoms with E-state index in [2.05, 4.69) is 4.98 Å². The second-order valence-electron chi connectivity index (χ2n) is 3.86. The Labute approximate surface area is 104 Å². The summed E-state index contributed by atoms with van der Waals surface area (Å²) in [6.07, 6.45) is 0.233. The van der Waals surface area contributed by atoms with Crippen molar-refractivity contribution >= 4 is 11.1 Å². The Morgan fingerprint density at radius 1 is 1.06 bits per heavy atom. The van der Waals surface area contributed by atoms with Gasteiger partial charge in [0.05, 0.1) is 0 Å². The second kappa shape index (κ2) is 4.50. The number of hydrogen-bond acceptors (Lipinski definition) is 4. The molecule has 1 heterocycles. The van der Waals surface area contributed by atoms with Crippen LogP contribution in [0.1, 0.15) is 5.56 Å². The van der Waals surface area contributed by atoms with Crippen LogP contribution in [0.4, 0.5) is 0 Å². The summed E-state index contributed by atoms with van der Waals surface area (Å²) in [6.45, 7) is 0.413. The average molecular weight is 240 g/mol. The molecule has 0 bridgehead atoms. The molecular weight excluding hydrogens is 228 g/mol. The number of aromatic nitrogens is 1. The Morgan fingerprint density at radius 3 is 2.67 bits per heavy atom. The Hall–Kier alpha value is -2.33. The first-order valence-corrected chi connectivity index (χ1v) is 5.68. The van der Waals surface area contributed by atoms with Gasteiger partial charge in [-0.25, -0.2) is 0 Å². The topological polar surface area (TPSA) is 61.3 Å². The second-order valence-corrected chi connectivity index (χ2v) is 3.86. The molecule has 2 N–H and O–H groups in total. The minimum atomic E-state index is 0.233. The van der Waals surface area contributed by atoms with Gasteiger partial charge in [-0.2, -0.15) is 4.98 Å². The summed E-state index contributed by atoms with van der Waals surface area (Å²) < 4.78 is 11.1. The molecule has 0 unspecified atom stereocenters. The first-order chi connectivity index (χ1) is 8.86. The highest BCUT2D eigenvalue weighted by molar-refractivity contribution is 5.72. The average Bonchev–Trinajstić information content (AvgIpc) is 2.81. The van der Waals surface area contributed by atoms with Gasteiger partial charge in [0.15, 0.2) is 5.58 Å². The third-order valence-corrected chi connectivity index (χ3v) is 2.66. The molecule has 2 aromatic carbocycles. The lowest BCUT2D eigenvalue weighted by Crippen LogP contribution is -1.98. The molecular formula is C14H12N2O2. The molecule has 90 valence electrons. The monoisotopic (exact) mass is 240 g/mol. The highest BCUT2D eigenvalue weighted by Gasteiger charge is 2.09. The van der Waals surface area contributed by atoms with Crippen molar-refractivity contribution in [3.63, 3.8) is 0 Å². The van der Waals surface area contributed by atoms with E-state index in [1.165, 1.54) is 0 Å². The molecule has 3 rings (SSSR count). The number of oxazole rings is 1. The van der Waals surface area contributed by atoms with Gasteiger partial charge < -0.3 is 14.9 Å². The predicted octanol–water partition coefficient (Wildman–Crippen LogP) is 3.08. The fraction of sp³-hybridized carbons (Fsp3) is 0.0714. The lowest BCUT2D eigenvalue weighted by atomic mass is 10.2. The van der Waals surface area contributed by atoms with E-state index in [0.717, 1.165) is 11.1 Å². The molecule has 0 radical (unpaired) electrons. The van der Waals surface area contributed by atoms with E-state index in [1.54, 1.807) is 0 Å². The van der Waals surface area contributed by atoms with Crippen molar-refractivity contribution in [2.45, 2.75) is 6.54 Å². The molecule has 0 aliphatic carbocycles. The molecule has 4 nitrogen and oxygen atoms in total. The number of benzene rings is 2. The Kier molecular flexibility index (Phi) is 2.70. The maximum Gasteiger partial charge on any atom is 0.400 e. The third-order valence-electron chi connectivity index (χ3n) is 2.66. The normalized spacial score (nSPS) is 10.7. The van der Waals surface area contributed by atoms with Gasteiger partial charge in [0.2, 0.25) is 0 Å². The van der Waals surface area contributed by atoms with Crippen LogP contribution in [-0.2, 0) is 6.54 Å². The maximum atomic E-state index is 5.65. The minimum absolute atomic E-state index is 0.233. The van der Waals surface area contributed by atoms with E-state index in [9.17, 15) is 0 Å². The van der Waals surface area contributed by atoms with Gasteiger partial charge in [0.1, 0.15) is 11.3 Å². The molecule has 0 aliphatic rings. The van der Waals surface area contributed by atoms with Crippen molar-refractivity contribution in [1.29, 1.82) is 0 Å². The van der Waals surface area contributed by atoms with E-state index in [0.29, 0.717) is 17.9 Å². The number of nitrogens with zero attached hydrogens (tertiary/aromatic N) is 1. The molecule has 0 aliphatic heterocycles. The largest absolute Gasteiger partial charge is 0.411 e. The van der Waals surface area contributed by atoms with Crippen molar-refractivity contribution in [2.75, 3.05) is 0 Å². The molecule has 4 heteroatoms. The van der Waals surface area contributed by atoms with Gasteiger partial charge in [0.25, 0.3) is 0 Å². The lowest BCUT2D eigenvalue weighted by molar-refractivity contribution is 0.340. The summed E-state index contributed by atoms with van der Waals surface area (Å²) in [5.74, 6) is 0.673. The molecule has 18 heavy (non-hydrogen) atoms. The SMILES string of the molecule is NCc1ccccc1Oc1nc2ccccc2o1. The van der Waals surface area contributed by atoms with Crippen molar-refractivity contribution in [3.8, 4) is 11.8 Å². The van der Waals surface area contributed by atoms with Crippen LogP contribution < -0.4 is 10.5 Å². The number of hydrogen-bond donors (Lipinski definition) is 1. The van der Waals surface area contributed by atoms with Gasteiger partial charge in [-0.1, -0.05) is 30.3 Å². The quantitative estimate of drug-likeness (QED) is 0.764. The molecule has 0 amide bonds. The number of rotatable bonds is 3. The van der Waals surface area contributed by atoms with Crippen LogP contribution in [0.3, 0.4) is 0 Å². The van der Waals surface area contributed by atoms with E-state index >= 15 is 0 Å². The molecule has 0 spiro atoms. The summed E-state index contributed by atoms with van der Waals surface area (Å²) in [5, 5.41) is 0. The highest BCUT2D eigenvalue weighted by Crippen LogP contribution is 2.27. The Morgan fingerprint density at radius 2 is 1.83 bits per heavy atom. The Balaban J connectivity index is 1.96. The van der Waals surface area contributed by atoms with Gasteiger partial charge >= 0.3 is 6.08 Å². The van der Waals surface area contributed by atoms with E-state index < -0.39 is 0 Å². The van der Waals surface area contributed by atoms with Crippen LogP contribution in [-0.4, -0.2) is 4.98 Å². The highest BCUT2D eigenvalue weighted by atomic mass is 16.6. The maximum absolute atomic E-state index is 5.65. The van der Waals surface area contributed by atoms with Gasteiger partial charge in [0, 0.05) is 12.1 Å². The third kappa shape index (κ3) is 1.94. The standard InChI is InChI=1S/C14H12N2O2/c15-9-10-5-1-3-7-12(10)17-14-16-11-6-2-4-8-13(11)18-14/h1-8H,9,15H2. The smallest absolute Gasteiger partial charge is 0.400 e. The molecule has 0 saturated heterocycles. The molecule has 0 fully saturated rings. The van der Waals surface area contributed by atoms with Crippen molar-refractivity contribution < 1.29 is 9.15 Å². The zero-order chi connectivity index (χ0) is 12.4. The lowest BCUT2D eigenvalue weighted by Gasteiger charge is -2.05. The summed E-state index contributed by atoms with van der Waals surface area (Å²) >= 11 is 0. The summed E-state index contributed by atoms with van der Waals surface area (Å²) in [7, 11) is 0. The molecule has 0 atom stereocenters. The fourth-order valence-electron chi connectivity index (χ4n) is 1.76. The van der Waals surface area contributed by atoms with Gasteiger partial charge in [-0.05, 0) is 18.2 Å². The van der Waals surface area contributed by atoms with Crippen LogP contribution in [0, 0.1) is 0 Å². The predicted molar refractivity (Wildman–Crippen MR) is 68.4 cm³/mol. The van der Waals surface area contributed by atoms with Crippen molar-refractivity contribution in [3.05, 3.63) is 54.1 Å². The van der Waals surface area contributed by atoms with Crippen LogP contribution in [0.15, 0.2) is 52.9 Å². The van der Waals surface area contributed by atoms with E-state index in [4.69, 9.17) is 14.9 Å².